The summed E-state index contributed by atoms with van der Waals surface area (Å²) in [5.41, 5.74) is 6.19. The first kappa shape index (κ1) is 13.9. The monoisotopic (exact) mass is 341 g/mol. The van der Waals surface area contributed by atoms with Gasteiger partial charge in [0.15, 0.2) is 6.61 Å². The third-order valence-corrected chi connectivity index (χ3v) is 3.82. The fourth-order valence-corrected chi connectivity index (χ4v) is 2.77. The lowest BCUT2D eigenvalue weighted by Gasteiger charge is -2.06. The summed E-state index contributed by atoms with van der Waals surface area (Å²) >= 11 is 4.88. The molecule has 0 radical (unpaired) electrons. The number of nitrogen functional groups attached to an aromatic ring is 1. The molecular formula is C13H12BrNO3S. The smallest absolute Gasteiger partial charge is 0.344 e. The minimum absolute atomic E-state index is 0.129. The molecule has 0 bridgehead atoms. The second-order valence-electron chi connectivity index (χ2n) is 3.73. The molecule has 0 aliphatic rings. The van der Waals surface area contributed by atoms with Gasteiger partial charge in [0.1, 0.15) is 12.4 Å². The van der Waals surface area contributed by atoms with Crippen LogP contribution in [-0.2, 0) is 16.1 Å². The highest BCUT2D eigenvalue weighted by Gasteiger charge is 2.06. The van der Waals surface area contributed by atoms with E-state index < -0.39 is 5.97 Å². The van der Waals surface area contributed by atoms with Crippen molar-refractivity contribution < 1.29 is 14.3 Å². The fraction of sp³-hybridized carbons (Fsp3) is 0.154. The molecule has 0 saturated carbocycles. The number of thiophene rings is 1. The molecule has 1 aromatic heterocycles. The van der Waals surface area contributed by atoms with Gasteiger partial charge in [0.2, 0.25) is 0 Å². The third-order valence-electron chi connectivity index (χ3n) is 2.22. The Labute approximate surface area is 123 Å². The number of carbonyl (C=O) groups excluding carboxylic acids is 1. The van der Waals surface area contributed by atoms with Crippen LogP contribution in [0.1, 0.15) is 4.88 Å². The molecule has 4 nitrogen and oxygen atoms in total. The lowest BCUT2D eigenvalue weighted by Crippen LogP contribution is -2.14. The van der Waals surface area contributed by atoms with Crippen molar-refractivity contribution in [3.63, 3.8) is 0 Å². The molecule has 2 N–H and O–H groups in total. The molecule has 0 aliphatic carbocycles. The Morgan fingerprint density at radius 2 is 2.16 bits per heavy atom. The van der Waals surface area contributed by atoms with Crippen LogP contribution in [0.5, 0.6) is 5.75 Å². The maximum absolute atomic E-state index is 11.5. The average molecular weight is 342 g/mol. The summed E-state index contributed by atoms with van der Waals surface area (Å²) in [4.78, 5) is 12.5. The van der Waals surface area contributed by atoms with Gasteiger partial charge in [-0.3, -0.25) is 0 Å². The first-order valence-electron chi connectivity index (χ1n) is 5.51. The van der Waals surface area contributed by atoms with Crippen LogP contribution in [0, 0.1) is 0 Å². The maximum atomic E-state index is 11.5. The molecule has 100 valence electrons. The quantitative estimate of drug-likeness (QED) is 0.670. The van der Waals surface area contributed by atoms with Gasteiger partial charge in [0, 0.05) is 16.6 Å². The van der Waals surface area contributed by atoms with Gasteiger partial charge in [0.25, 0.3) is 0 Å². The van der Waals surface area contributed by atoms with Gasteiger partial charge in [-0.1, -0.05) is 6.07 Å². The summed E-state index contributed by atoms with van der Waals surface area (Å²) < 4.78 is 11.4. The number of anilines is 1. The van der Waals surface area contributed by atoms with Crippen molar-refractivity contribution in [3.8, 4) is 5.75 Å². The zero-order valence-electron chi connectivity index (χ0n) is 9.97. The highest BCUT2D eigenvalue weighted by atomic mass is 79.9. The molecule has 0 atom stereocenters. The fourth-order valence-electron chi connectivity index (χ4n) is 1.37. The molecule has 0 fully saturated rings. The molecule has 6 heteroatoms. The van der Waals surface area contributed by atoms with E-state index >= 15 is 0 Å². The van der Waals surface area contributed by atoms with Crippen LogP contribution in [0.4, 0.5) is 5.69 Å². The molecule has 0 unspecified atom stereocenters. The molecule has 2 rings (SSSR count). The average Bonchev–Trinajstić information content (AvgIpc) is 2.80. The number of ether oxygens (including phenoxy) is 2. The van der Waals surface area contributed by atoms with E-state index in [9.17, 15) is 4.79 Å². The Bertz CT molecular complexity index is 571. The van der Waals surface area contributed by atoms with Crippen molar-refractivity contribution in [1.29, 1.82) is 0 Å². The second-order valence-corrected chi connectivity index (χ2v) is 6.28. The van der Waals surface area contributed by atoms with Crippen LogP contribution < -0.4 is 10.5 Å². The number of benzene rings is 1. The number of nitrogens with two attached hydrogens (primary N) is 1. The van der Waals surface area contributed by atoms with E-state index in [-0.39, 0.29) is 13.2 Å². The van der Waals surface area contributed by atoms with Gasteiger partial charge in [-0.05, 0) is 40.2 Å². The number of hydrogen-bond acceptors (Lipinski definition) is 5. The summed E-state index contributed by atoms with van der Waals surface area (Å²) in [6.07, 6.45) is 0. The van der Waals surface area contributed by atoms with E-state index in [1.54, 1.807) is 24.3 Å². The van der Waals surface area contributed by atoms with Gasteiger partial charge in [-0.25, -0.2) is 4.79 Å². The van der Waals surface area contributed by atoms with Crippen LogP contribution in [-0.4, -0.2) is 12.6 Å². The van der Waals surface area contributed by atoms with Gasteiger partial charge in [0.05, 0.1) is 3.79 Å². The highest BCUT2D eigenvalue weighted by molar-refractivity contribution is 9.11. The lowest BCUT2D eigenvalue weighted by atomic mass is 10.3. The maximum Gasteiger partial charge on any atom is 0.344 e. The number of halogens is 1. The summed E-state index contributed by atoms with van der Waals surface area (Å²) in [6.45, 7) is 0.130. The lowest BCUT2D eigenvalue weighted by molar-refractivity contribution is -0.147. The Morgan fingerprint density at radius 3 is 2.84 bits per heavy atom. The second kappa shape index (κ2) is 6.58. The largest absolute Gasteiger partial charge is 0.482 e. The van der Waals surface area contributed by atoms with E-state index in [1.165, 1.54) is 11.3 Å². The van der Waals surface area contributed by atoms with Crippen molar-refractivity contribution in [2.24, 2.45) is 0 Å². The standard InChI is InChI=1S/C13H12BrNO3S/c14-12-5-4-11(19-12)7-18-13(16)8-17-10-3-1-2-9(15)6-10/h1-6H,7-8,15H2. The minimum Gasteiger partial charge on any atom is -0.482 e. The SMILES string of the molecule is Nc1cccc(OCC(=O)OCc2ccc(Br)s2)c1. The van der Waals surface area contributed by atoms with Crippen LogP contribution >= 0.6 is 27.3 Å². The van der Waals surface area contributed by atoms with Crippen LogP contribution in [0.15, 0.2) is 40.2 Å². The topological polar surface area (TPSA) is 61.5 Å². The van der Waals surface area contributed by atoms with Gasteiger partial charge >= 0.3 is 5.97 Å². The number of hydrogen-bond donors (Lipinski definition) is 1. The molecule has 0 spiro atoms. The van der Waals surface area contributed by atoms with E-state index in [0.29, 0.717) is 11.4 Å². The summed E-state index contributed by atoms with van der Waals surface area (Å²) in [6, 6.07) is 10.7. The van der Waals surface area contributed by atoms with Gasteiger partial charge in [-0.15, -0.1) is 11.3 Å². The minimum atomic E-state index is -0.410. The van der Waals surface area contributed by atoms with E-state index in [1.807, 2.05) is 12.1 Å². The van der Waals surface area contributed by atoms with Gasteiger partial charge in [-0.2, -0.15) is 0 Å². The molecule has 2 aromatic rings. The molecule has 0 aliphatic heterocycles. The number of carbonyl (C=O) groups is 1. The summed E-state index contributed by atoms with van der Waals surface area (Å²) in [7, 11) is 0. The number of rotatable bonds is 5. The van der Waals surface area contributed by atoms with Gasteiger partial charge < -0.3 is 15.2 Å². The molecule has 19 heavy (non-hydrogen) atoms. The summed E-state index contributed by atoms with van der Waals surface area (Å²) in [5.74, 6) is 0.141. The molecule has 0 amide bonds. The molecule has 1 heterocycles. The van der Waals surface area contributed by atoms with Crippen molar-refractivity contribution >= 4 is 38.9 Å². The molecule has 1 aromatic carbocycles. The van der Waals surface area contributed by atoms with E-state index in [4.69, 9.17) is 15.2 Å². The van der Waals surface area contributed by atoms with Crippen molar-refractivity contribution in [1.82, 2.24) is 0 Å². The normalized spacial score (nSPS) is 10.2. The van der Waals surface area contributed by atoms with Crippen LogP contribution in [0.3, 0.4) is 0 Å². The van der Waals surface area contributed by atoms with Crippen LogP contribution in [0.2, 0.25) is 0 Å². The molecular weight excluding hydrogens is 330 g/mol. The Morgan fingerprint density at radius 1 is 1.32 bits per heavy atom. The first-order valence-corrected chi connectivity index (χ1v) is 7.12. The summed E-state index contributed by atoms with van der Waals surface area (Å²) in [5, 5.41) is 0. The third kappa shape index (κ3) is 4.57. The Balaban J connectivity index is 1.75. The van der Waals surface area contributed by atoms with Crippen molar-refractivity contribution in [3.05, 3.63) is 45.1 Å². The highest BCUT2D eigenvalue weighted by Crippen LogP contribution is 2.22. The predicted molar refractivity (Wildman–Crippen MR) is 78.2 cm³/mol. The van der Waals surface area contributed by atoms with Crippen molar-refractivity contribution in [2.75, 3.05) is 12.3 Å². The van der Waals surface area contributed by atoms with E-state index in [2.05, 4.69) is 15.9 Å². The Kier molecular flexibility index (Phi) is 4.81. The Hall–Kier alpha value is -1.53. The van der Waals surface area contributed by atoms with Crippen molar-refractivity contribution in [2.45, 2.75) is 6.61 Å². The zero-order chi connectivity index (χ0) is 13.7. The van der Waals surface area contributed by atoms with E-state index in [0.717, 1.165) is 8.66 Å². The predicted octanol–water partition coefficient (Wildman–Crippen LogP) is 3.22. The first-order chi connectivity index (χ1) is 9.13. The van der Waals surface area contributed by atoms with Crippen LogP contribution in [0.25, 0.3) is 0 Å². The molecule has 0 saturated heterocycles. The number of esters is 1. The zero-order valence-corrected chi connectivity index (χ0v) is 12.4.